The lowest BCUT2D eigenvalue weighted by Crippen LogP contribution is -2.37. The van der Waals surface area contributed by atoms with Gasteiger partial charge in [-0.25, -0.2) is 17.2 Å². The van der Waals surface area contributed by atoms with Crippen molar-refractivity contribution in [3.8, 4) is 0 Å². The molecule has 0 atom stereocenters. The minimum atomic E-state index is -4.45. The summed E-state index contributed by atoms with van der Waals surface area (Å²) in [6.07, 6.45) is 0.803. The molecular weight excluding hydrogens is 421 g/mol. The molecule has 1 aliphatic rings. The van der Waals surface area contributed by atoms with Crippen LogP contribution in [0.3, 0.4) is 0 Å². The van der Waals surface area contributed by atoms with Crippen LogP contribution in [0.25, 0.3) is 0 Å². The molecule has 144 valence electrons. The number of hydrogen-bond donors (Lipinski definition) is 1. The molecule has 1 amide bonds. The molecule has 1 aliphatic heterocycles. The van der Waals surface area contributed by atoms with Gasteiger partial charge in [-0.15, -0.1) is 0 Å². The molecule has 0 fully saturated rings. The minimum absolute atomic E-state index is 0.0307. The molecule has 0 spiro atoms. The number of nitrogens with one attached hydrogen (secondary N) is 1. The number of halogens is 4. The minimum Gasteiger partial charge on any atom is -0.325 e. The van der Waals surface area contributed by atoms with Crippen molar-refractivity contribution in [2.75, 3.05) is 16.2 Å². The number of fused-ring (bicyclic) bond motifs is 1. The molecule has 0 bridgehead atoms. The van der Waals surface area contributed by atoms with Crippen LogP contribution in [0.4, 0.5) is 20.2 Å². The highest BCUT2D eigenvalue weighted by Gasteiger charge is 2.34. The maximum absolute atomic E-state index is 14.6. The highest BCUT2D eigenvalue weighted by atomic mass is 35.5. The molecule has 0 unspecified atom stereocenters. The van der Waals surface area contributed by atoms with Gasteiger partial charge in [0.15, 0.2) is 0 Å². The summed E-state index contributed by atoms with van der Waals surface area (Å²) in [6, 6.07) is 4.13. The Balaban J connectivity index is 2.14. The molecule has 0 radical (unpaired) electrons. The third-order valence-electron chi connectivity index (χ3n) is 4.11. The Morgan fingerprint density at radius 2 is 1.85 bits per heavy atom. The molecule has 0 saturated heterocycles. The zero-order valence-electron chi connectivity index (χ0n) is 14.0. The van der Waals surface area contributed by atoms with Gasteiger partial charge in [-0.1, -0.05) is 23.2 Å². The Bertz CT molecular complexity index is 1040. The smallest absolute Gasteiger partial charge is 0.267 e. The van der Waals surface area contributed by atoms with Crippen molar-refractivity contribution >= 4 is 50.5 Å². The van der Waals surface area contributed by atoms with Crippen molar-refractivity contribution < 1.29 is 22.0 Å². The summed E-state index contributed by atoms with van der Waals surface area (Å²) in [5.74, 6) is -2.37. The van der Waals surface area contributed by atoms with Gasteiger partial charge in [-0.2, -0.15) is 0 Å². The molecule has 1 N–H and O–H groups in total. The van der Waals surface area contributed by atoms with Gasteiger partial charge in [0.1, 0.15) is 16.5 Å². The van der Waals surface area contributed by atoms with Gasteiger partial charge in [0.05, 0.1) is 16.4 Å². The molecule has 0 aromatic heterocycles. The highest BCUT2D eigenvalue weighted by Crippen LogP contribution is 2.39. The van der Waals surface area contributed by atoms with Crippen LogP contribution in [0.2, 0.25) is 10.0 Å². The number of carbonyl (C=O) groups excluding carboxylic acids is 1. The van der Waals surface area contributed by atoms with E-state index in [1.54, 1.807) is 0 Å². The summed E-state index contributed by atoms with van der Waals surface area (Å²) < 4.78 is 55.9. The number of nitrogens with zero attached hydrogens (tertiary/aromatic N) is 1. The predicted octanol–water partition coefficient (Wildman–Crippen LogP) is 4.37. The summed E-state index contributed by atoms with van der Waals surface area (Å²) in [6.45, 7) is 1.17. The van der Waals surface area contributed by atoms with E-state index in [4.69, 9.17) is 23.2 Å². The van der Waals surface area contributed by atoms with Crippen LogP contribution < -0.4 is 9.62 Å². The second-order valence-corrected chi connectivity index (χ2v) is 8.63. The lowest BCUT2D eigenvalue weighted by atomic mass is 10.0. The third kappa shape index (κ3) is 3.61. The first-order valence-corrected chi connectivity index (χ1v) is 10.1. The molecule has 5 nitrogen and oxygen atoms in total. The van der Waals surface area contributed by atoms with Crippen LogP contribution in [0.15, 0.2) is 29.2 Å². The van der Waals surface area contributed by atoms with Crippen molar-refractivity contribution in [1.29, 1.82) is 0 Å². The summed E-state index contributed by atoms with van der Waals surface area (Å²) in [5.41, 5.74) is 0.108. The van der Waals surface area contributed by atoms with Crippen LogP contribution in [-0.4, -0.2) is 20.9 Å². The van der Waals surface area contributed by atoms with E-state index in [0.29, 0.717) is 18.4 Å². The standard InChI is InChI=1S/C17H14Cl2F2N2O3S/c1-9(24)22-15-8-14(21)16(7-12(15)19)27(25,26)23-6-2-3-10-11(18)4-5-13(20)17(10)23/h4-5,7-8H,2-3,6H2,1H3,(H,22,24). The summed E-state index contributed by atoms with van der Waals surface area (Å²) in [7, 11) is -4.45. The van der Waals surface area contributed by atoms with E-state index < -0.39 is 32.5 Å². The second-order valence-electron chi connectivity index (χ2n) is 5.98. The lowest BCUT2D eigenvalue weighted by Gasteiger charge is -2.31. The first-order chi connectivity index (χ1) is 12.6. The maximum atomic E-state index is 14.6. The zero-order valence-corrected chi connectivity index (χ0v) is 16.4. The molecule has 3 rings (SSSR count). The van der Waals surface area contributed by atoms with E-state index >= 15 is 0 Å². The van der Waals surface area contributed by atoms with Crippen molar-refractivity contribution in [3.05, 3.63) is 51.5 Å². The number of amides is 1. The average Bonchev–Trinajstić information content (AvgIpc) is 2.60. The van der Waals surface area contributed by atoms with Crippen LogP contribution in [0.5, 0.6) is 0 Å². The largest absolute Gasteiger partial charge is 0.325 e. The fraction of sp³-hybridized carbons (Fsp3) is 0.235. The van der Waals surface area contributed by atoms with Crippen molar-refractivity contribution in [2.45, 2.75) is 24.7 Å². The van der Waals surface area contributed by atoms with Crippen LogP contribution in [-0.2, 0) is 21.2 Å². The van der Waals surface area contributed by atoms with Gasteiger partial charge in [0, 0.05) is 24.6 Å². The molecular formula is C17H14Cl2F2N2O3S. The number of sulfonamides is 1. The lowest BCUT2D eigenvalue weighted by molar-refractivity contribution is -0.114. The number of hydrogen-bond acceptors (Lipinski definition) is 3. The van der Waals surface area contributed by atoms with E-state index in [1.165, 1.54) is 13.0 Å². The van der Waals surface area contributed by atoms with Gasteiger partial charge >= 0.3 is 0 Å². The van der Waals surface area contributed by atoms with E-state index in [1.807, 2.05) is 0 Å². The fourth-order valence-corrected chi connectivity index (χ4v) is 5.11. The first-order valence-electron chi connectivity index (χ1n) is 7.89. The van der Waals surface area contributed by atoms with Crippen molar-refractivity contribution in [3.63, 3.8) is 0 Å². The quantitative estimate of drug-likeness (QED) is 0.779. The normalized spacial score (nSPS) is 14.0. The number of rotatable bonds is 3. The Morgan fingerprint density at radius 3 is 2.52 bits per heavy atom. The molecule has 2 aromatic rings. The second kappa shape index (κ2) is 7.26. The summed E-state index contributed by atoms with van der Waals surface area (Å²) >= 11 is 12.1. The molecule has 0 aliphatic carbocycles. The van der Waals surface area contributed by atoms with Crippen LogP contribution in [0, 0.1) is 11.6 Å². The number of anilines is 2. The fourth-order valence-electron chi connectivity index (χ4n) is 2.97. The monoisotopic (exact) mass is 434 g/mol. The molecule has 10 heteroatoms. The maximum Gasteiger partial charge on any atom is 0.267 e. The summed E-state index contributed by atoms with van der Waals surface area (Å²) in [5, 5.41) is 2.39. The third-order valence-corrected chi connectivity index (χ3v) is 6.59. The molecule has 2 aromatic carbocycles. The predicted molar refractivity (Wildman–Crippen MR) is 100.0 cm³/mol. The Kier molecular flexibility index (Phi) is 5.33. The van der Waals surface area contributed by atoms with Gasteiger partial charge in [-0.3, -0.25) is 9.10 Å². The Labute approximate surface area is 164 Å². The van der Waals surface area contributed by atoms with Crippen molar-refractivity contribution in [2.24, 2.45) is 0 Å². The van der Waals surface area contributed by atoms with Gasteiger partial charge in [0.25, 0.3) is 10.0 Å². The molecule has 0 saturated carbocycles. The van der Waals surface area contributed by atoms with Crippen LogP contribution in [0.1, 0.15) is 18.9 Å². The summed E-state index contributed by atoms with van der Waals surface area (Å²) in [4.78, 5) is 10.4. The average molecular weight is 435 g/mol. The molecule has 27 heavy (non-hydrogen) atoms. The molecule has 1 heterocycles. The van der Waals surface area contributed by atoms with Crippen molar-refractivity contribution in [1.82, 2.24) is 0 Å². The van der Waals surface area contributed by atoms with Gasteiger partial charge in [-0.05, 0) is 36.6 Å². The number of benzene rings is 2. The Morgan fingerprint density at radius 1 is 1.15 bits per heavy atom. The van der Waals surface area contributed by atoms with Gasteiger partial charge in [0.2, 0.25) is 5.91 Å². The van der Waals surface area contributed by atoms with E-state index in [2.05, 4.69) is 5.32 Å². The zero-order chi connectivity index (χ0) is 19.9. The van der Waals surface area contributed by atoms with E-state index in [0.717, 1.165) is 22.5 Å². The highest BCUT2D eigenvalue weighted by molar-refractivity contribution is 7.92. The topological polar surface area (TPSA) is 66.5 Å². The van der Waals surface area contributed by atoms with E-state index in [-0.39, 0.29) is 28.0 Å². The van der Waals surface area contributed by atoms with Gasteiger partial charge < -0.3 is 5.32 Å². The van der Waals surface area contributed by atoms with E-state index in [9.17, 15) is 22.0 Å². The van der Waals surface area contributed by atoms with Crippen LogP contribution >= 0.6 is 23.2 Å². The SMILES string of the molecule is CC(=O)Nc1cc(F)c(S(=O)(=O)N2CCCc3c(Cl)ccc(F)c32)cc1Cl. The number of carbonyl (C=O) groups is 1. The first kappa shape index (κ1) is 19.9. The Hall–Kier alpha value is -1.90.